The number of rotatable bonds is 1. The summed E-state index contributed by atoms with van der Waals surface area (Å²) in [5, 5.41) is 0. The minimum Gasteiger partial charge on any atom is -0.444 e. The first-order valence-electron chi connectivity index (χ1n) is 6.99. The van der Waals surface area contributed by atoms with E-state index in [9.17, 15) is 4.79 Å². The lowest BCUT2D eigenvalue weighted by molar-refractivity contribution is 0.0158. The predicted molar refractivity (Wildman–Crippen MR) is 78.2 cm³/mol. The Kier molecular flexibility index (Phi) is 3.88. The molecule has 1 amide bonds. The summed E-state index contributed by atoms with van der Waals surface area (Å²) >= 11 is 0. The van der Waals surface area contributed by atoms with Crippen LogP contribution < -0.4 is 5.73 Å². The molecule has 0 unspecified atom stereocenters. The normalized spacial score (nSPS) is 22.9. The van der Waals surface area contributed by atoms with Crippen LogP contribution in [-0.4, -0.2) is 27.6 Å². The highest BCUT2D eigenvalue weighted by Crippen LogP contribution is 2.37. The molecule has 2 atom stereocenters. The monoisotopic (exact) mass is 277 g/mol. The molecule has 0 saturated carbocycles. The molecule has 0 bridgehead atoms. The number of carbonyl (C=O) groups excluding carboxylic acids is 1. The first-order chi connectivity index (χ1) is 9.28. The van der Waals surface area contributed by atoms with Crippen molar-refractivity contribution in [2.24, 2.45) is 0 Å². The third-order valence-corrected chi connectivity index (χ3v) is 3.44. The lowest BCUT2D eigenvalue weighted by atomic mass is 10.1. The molecule has 1 aromatic rings. The highest BCUT2D eigenvalue weighted by atomic mass is 16.6. The van der Waals surface area contributed by atoms with Gasteiger partial charge in [0, 0.05) is 18.4 Å². The Balaban J connectivity index is 2.23. The van der Waals surface area contributed by atoms with E-state index in [2.05, 4.69) is 4.98 Å². The fourth-order valence-corrected chi connectivity index (χ4v) is 2.59. The molecule has 1 saturated heterocycles. The molecule has 0 spiro atoms. The van der Waals surface area contributed by atoms with Gasteiger partial charge >= 0.3 is 6.09 Å². The third kappa shape index (κ3) is 3.21. The van der Waals surface area contributed by atoms with Gasteiger partial charge in [0.15, 0.2) is 0 Å². The molecule has 0 aliphatic carbocycles. The van der Waals surface area contributed by atoms with Crippen LogP contribution in [0.3, 0.4) is 0 Å². The Morgan fingerprint density at radius 1 is 1.40 bits per heavy atom. The van der Waals surface area contributed by atoms with E-state index >= 15 is 0 Å². The summed E-state index contributed by atoms with van der Waals surface area (Å²) in [6.45, 7) is 7.68. The highest BCUT2D eigenvalue weighted by molar-refractivity contribution is 5.70. The summed E-state index contributed by atoms with van der Waals surface area (Å²) in [6.07, 6.45) is 4.98. The number of likely N-dealkylation sites (tertiary alicyclic amines) is 1. The zero-order valence-electron chi connectivity index (χ0n) is 12.6. The number of nitrogens with two attached hydrogens (primary N) is 1. The van der Waals surface area contributed by atoms with Gasteiger partial charge in [0.25, 0.3) is 0 Å². The maximum Gasteiger partial charge on any atom is 0.411 e. The van der Waals surface area contributed by atoms with Crippen LogP contribution in [0.25, 0.3) is 0 Å². The van der Waals surface area contributed by atoms with Gasteiger partial charge in [-0.05, 0) is 52.2 Å². The van der Waals surface area contributed by atoms with Crippen molar-refractivity contribution in [3.63, 3.8) is 0 Å². The van der Waals surface area contributed by atoms with Crippen molar-refractivity contribution < 1.29 is 9.53 Å². The van der Waals surface area contributed by atoms with Crippen molar-refractivity contribution in [2.45, 2.75) is 58.2 Å². The Bertz CT molecular complexity index is 496. The van der Waals surface area contributed by atoms with Gasteiger partial charge in [-0.15, -0.1) is 0 Å². The largest absolute Gasteiger partial charge is 0.444 e. The second kappa shape index (κ2) is 5.31. The van der Waals surface area contributed by atoms with Crippen LogP contribution in [0.5, 0.6) is 0 Å². The molecule has 20 heavy (non-hydrogen) atoms. The van der Waals surface area contributed by atoms with E-state index < -0.39 is 5.60 Å². The smallest absolute Gasteiger partial charge is 0.411 e. The number of hydrogen-bond acceptors (Lipinski definition) is 4. The Labute approximate surface area is 120 Å². The molecule has 1 aliphatic heterocycles. The second-order valence-electron chi connectivity index (χ2n) is 6.38. The zero-order chi connectivity index (χ0) is 14.9. The Hall–Kier alpha value is -1.78. The SMILES string of the molecule is C[C@H]1CC[C@H](c2cncc(N)c2)N1C(=O)OC(C)(C)C. The van der Waals surface area contributed by atoms with Crippen molar-refractivity contribution in [3.05, 3.63) is 24.0 Å². The van der Waals surface area contributed by atoms with E-state index in [4.69, 9.17) is 10.5 Å². The van der Waals surface area contributed by atoms with Crippen LogP contribution in [0.1, 0.15) is 52.1 Å². The lowest BCUT2D eigenvalue weighted by Gasteiger charge is -2.31. The number of nitrogen functional groups attached to an aromatic ring is 1. The van der Waals surface area contributed by atoms with Crippen molar-refractivity contribution in [3.8, 4) is 0 Å². The number of ether oxygens (including phenoxy) is 1. The number of nitrogens with zero attached hydrogens (tertiary/aromatic N) is 2. The standard InChI is InChI=1S/C15H23N3O2/c1-10-5-6-13(11-7-12(16)9-17-8-11)18(10)14(19)20-15(2,3)4/h7-10,13H,5-6,16H2,1-4H3/t10-,13+/m0/s1. The van der Waals surface area contributed by atoms with Gasteiger partial charge in [0.2, 0.25) is 0 Å². The van der Waals surface area contributed by atoms with Crippen LogP contribution in [0, 0.1) is 0 Å². The second-order valence-corrected chi connectivity index (χ2v) is 6.38. The molecule has 110 valence electrons. The summed E-state index contributed by atoms with van der Waals surface area (Å²) in [6, 6.07) is 2.04. The van der Waals surface area contributed by atoms with Crippen LogP contribution in [0.4, 0.5) is 10.5 Å². The van der Waals surface area contributed by atoms with Gasteiger partial charge in [0.05, 0.1) is 11.7 Å². The quantitative estimate of drug-likeness (QED) is 0.856. The number of pyridine rings is 1. The van der Waals surface area contributed by atoms with Gasteiger partial charge in [-0.3, -0.25) is 9.88 Å². The van der Waals surface area contributed by atoms with Gasteiger partial charge in [-0.25, -0.2) is 4.79 Å². The maximum atomic E-state index is 12.4. The maximum absolute atomic E-state index is 12.4. The van der Waals surface area contributed by atoms with Crippen molar-refractivity contribution in [1.29, 1.82) is 0 Å². The summed E-state index contributed by atoms with van der Waals surface area (Å²) in [7, 11) is 0. The van der Waals surface area contributed by atoms with Gasteiger partial charge in [-0.2, -0.15) is 0 Å². The number of hydrogen-bond donors (Lipinski definition) is 1. The average molecular weight is 277 g/mol. The first kappa shape index (κ1) is 14.6. The van der Waals surface area contributed by atoms with E-state index in [1.165, 1.54) is 0 Å². The van der Waals surface area contributed by atoms with Gasteiger partial charge < -0.3 is 10.5 Å². The summed E-state index contributed by atoms with van der Waals surface area (Å²) < 4.78 is 5.51. The minimum absolute atomic E-state index is 0.00384. The van der Waals surface area contributed by atoms with Crippen molar-refractivity contribution in [1.82, 2.24) is 9.88 Å². The molecule has 2 rings (SSSR count). The van der Waals surface area contributed by atoms with Gasteiger partial charge in [-0.1, -0.05) is 0 Å². The van der Waals surface area contributed by atoms with Crippen LogP contribution >= 0.6 is 0 Å². The van der Waals surface area contributed by atoms with E-state index in [1.807, 2.05) is 38.7 Å². The fraction of sp³-hybridized carbons (Fsp3) is 0.600. The molecule has 1 aliphatic rings. The van der Waals surface area contributed by atoms with E-state index in [0.29, 0.717) is 5.69 Å². The fourth-order valence-electron chi connectivity index (χ4n) is 2.59. The summed E-state index contributed by atoms with van der Waals surface area (Å²) in [5.41, 5.74) is 6.89. The summed E-state index contributed by atoms with van der Waals surface area (Å²) in [5.74, 6) is 0. The molecule has 5 heteroatoms. The predicted octanol–water partition coefficient (Wildman–Crippen LogP) is 3.12. The number of carbonyl (C=O) groups is 1. The topological polar surface area (TPSA) is 68.5 Å². The molecular formula is C15H23N3O2. The van der Waals surface area contributed by atoms with E-state index in [-0.39, 0.29) is 18.2 Å². The van der Waals surface area contributed by atoms with Crippen LogP contribution in [0.15, 0.2) is 18.5 Å². The molecule has 1 aromatic heterocycles. The molecule has 5 nitrogen and oxygen atoms in total. The number of amides is 1. The molecule has 1 fully saturated rings. The van der Waals surface area contributed by atoms with E-state index in [0.717, 1.165) is 18.4 Å². The van der Waals surface area contributed by atoms with Crippen LogP contribution in [-0.2, 0) is 4.74 Å². The van der Waals surface area contributed by atoms with Gasteiger partial charge in [0.1, 0.15) is 5.60 Å². The van der Waals surface area contributed by atoms with Crippen molar-refractivity contribution >= 4 is 11.8 Å². The van der Waals surface area contributed by atoms with E-state index in [1.54, 1.807) is 12.4 Å². The Morgan fingerprint density at radius 2 is 2.10 bits per heavy atom. The molecule has 2 N–H and O–H groups in total. The lowest BCUT2D eigenvalue weighted by Crippen LogP contribution is -2.40. The number of anilines is 1. The third-order valence-electron chi connectivity index (χ3n) is 3.44. The first-order valence-corrected chi connectivity index (χ1v) is 6.99. The minimum atomic E-state index is -0.488. The summed E-state index contributed by atoms with van der Waals surface area (Å²) in [4.78, 5) is 18.3. The van der Waals surface area contributed by atoms with Crippen LogP contribution in [0.2, 0.25) is 0 Å². The van der Waals surface area contributed by atoms with Crippen molar-refractivity contribution in [2.75, 3.05) is 5.73 Å². The molecule has 0 aromatic carbocycles. The molecule has 0 radical (unpaired) electrons. The number of aromatic nitrogens is 1. The highest BCUT2D eigenvalue weighted by Gasteiger charge is 2.37. The zero-order valence-corrected chi connectivity index (χ0v) is 12.6. The average Bonchev–Trinajstić information content (AvgIpc) is 2.69. The molecule has 2 heterocycles. The Morgan fingerprint density at radius 3 is 2.70 bits per heavy atom. The molecular weight excluding hydrogens is 254 g/mol.